The highest BCUT2D eigenvalue weighted by Crippen LogP contribution is 2.24. The lowest BCUT2D eigenvalue weighted by atomic mass is 10.2. The van der Waals surface area contributed by atoms with Crippen LogP contribution in [-0.2, 0) is 0 Å². The predicted molar refractivity (Wildman–Crippen MR) is 59.9 cm³/mol. The molecule has 0 unspecified atom stereocenters. The highest BCUT2D eigenvalue weighted by Gasteiger charge is 2.21. The van der Waals surface area contributed by atoms with Crippen molar-refractivity contribution in [2.24, 2.45) is 10.8 Å². The second kappa shape index (κ2) is 4.31. The Morgan fingerprint density at radius 1 is 1.53 bits per heavy atom. The number of ether oxygens (including phenoxy) is 1. The van der Waals surface area contributed by atoms with Crippen LogP contribution in [0.4, 0.5) is 0 Å². The van der Waals surface area contributed by atoms with Gasteiger partial charge in [-0.05, 0) is 25.0 Å². The summed E-state index contributed by atoms with van der Waals surface area (Å²) in [4.78, 5) is 4.48. The molecule has 0 atom stereocenters. The summed E-state index contributed by atoms with van der Waals surface area (Å²) in [5.74, 6) is 6.99. The molecule has 2 rings (SSSR count). The van der Waals surface area contributed by atoms with E-state index in [4.69, 9.17) is 10.6 Å². The molecule has 15 heavy (non-hydrogen) atoms. The minimum absolute atomic E-state index is 0.447. The average Bonchev–Trinajstić information content (AvgIpc) is 3.10. The van der Waals surface area contributed by atoms with Crippen molar-refractivity contribution < 1.29 is 4.74 Å². The Morgan fingerprint density at radius 2 is 2.33 bits per heavy atom. The number of hydrazine groups is 1. The Labute approximate surface area is 89.1 Å². The van der Waals surface area contributed by atoms with Crippen LogP contribution in [0.15, 0.2) is 29.3 Å². The van der Waals surface area contributed by atoms with Gasteiger partial charge < -0.3 is 10.2 Å². The zero-order valence-corrected chi connectivity index (χ0v) is 8.73. The van der Waals surface area contributed by atoms with E-state index in [1.807, 2.05) is 24.3 Å². The van der Waals surface area contributed by atoms with E-state index in [1.54, 1.807) is 7.11 Å². The number of methoxy groups -OCH3 is 1. The van der Waals surface area contributed by atoms with Crippen LogP contribution in [0.5, 0.6) is 5.75 Å². The molecule has 0 heterocycles. The van der Waals surface area contributed by atoms with E-state index in [9.17, 15) is 0 Å². The lowest BCUT2D eigenvalue weighted by Gasteiger charge is -2.07. The van der Waals surface area contributed by atoms with Crippen LogP contribution in [0.2, 0.25) is 0 Å². The largest absolute Gasteiger partial charge is 0.497 e. The van der Waals surface area contributed by atoms with Crippen LogP contribution in [0.25, 0.3) is 0 Å². The molecule has 4 heteroatoms. The fourth-order valence-electron chi connectivity index (χ4n) is 1.35. The Kier molecular flexibility index (Phi) is 2.87. The molecule has 0 bridgehead atoms. The smallest absolute Gasteiger partial charge is 0.142 e. The molecule has 0 amide bonds. The topological polar surface area (TPSA) is 59.6 Å². The average molecular weight is 205 g/mol. The fraction of sp³-hybridized carbons (Fsp3) is 0.364. The maximum Gasteiger partial charge on any atom is 0.142 e. The number of nitrogens with two attached hydrogens (primary N) is 1. The first-order valence-corrected chi connectivity index (χ1v) is 5.02. The van der Waals surface area contributed by atoms with Gasteiger partial charge in [0.05, 0.1) is 13.2 Å². The number of benzene rings is 1. The molecule has 0 aliphatic heterocycles. The molecule has 1 saturated carbocycles. The van der Waals surface area contributed by atoms with Crippen molar-refractivity contribution in [3.8, 4) is 5.75 Å². The normalized spacial score (nSPS) is 16.3. The van der Waals surface area contributed by atoms with Gasteiger partial charge in [-0.2, -0.15) is 0 Å². The van der Waals surface area contributed by atoms with Crippen molar-refractivity contribution in [1.29, 1.82) is 0 Å². The van der Waals surface area contributed by atoms with E-state index in [2.05, 4.69) is 10.4 Å². The lowest BCUT2D eigenvalue weighted by Crippen LogP contribution is -2.31. The first-order chi connectivity index (χ1) is 7.33. The Morgan fingerprint density at radius 3 is 2.93 bits per heavy atom. The Balaban J connectivity index is 2.24. The van der Waals surface area contributed by atoms with Gasteiger partial charge in [0.25, 0.3) is 0 Å². The lowest BCUT2D eigenvalue weighted by molar-refractivity contribution is 0.414. The van der Waals surface area contributed by atoms with Crippen LogP contribution in [0.3, 0.4) is 0 Å². The standard InChI is InChI=1S/C11H15N3O/c1-15-10-4-2-3-8(7-10)11(14-12)13-9-5-6-9/h2-4,7,9H,5-6,12H2,1H3,(H,13,14). The second-order valence-corrected chi connectivity index (χ2v) is 3.59. The van der Waals surface area contributed by atoms with Gasteiger partial charge in [0.15, 0.2) is 0 Å². The molecule has 1 aromatic rings. The van der Waals surface area contributed by atoms with Crippen LogP contribution >= 0.6 is 0 Å². The zero-order chi connectivity index (χ0) is 10.7. The molecule has 80 valence electrons. The minimum atomic E-state index is 0.447. The summed E-state index contributed by atoms with van der Waals surface area (Å²) < 4.78 is 5.15. The molecule has 1 aliphatic rings. The highest BCUT2D eigenvalue weighted by molar-refractivity contribution is 5.98. The third-order valence-electron chi connectivity index (χ3n) is 2.34. The number of amidine groups is 1. The van der Waals surface area contributed by atoms with E-state index in [0.29, 0.717) is 6.04 Å². The molecular weight excluding hydrogens is 190 g/mol. The zero-order valence-electron chi connectivity index (χ0n) is 8.73. The molecule has 0 radical (unpaired) electrons. The van der Waals surface area contributed by atoms with Gasteiger partial charge in [0.1, 0.15) is 11.6 Å². The van der Waals surface area contributed by atoms with E-state index < -0.39 is 0 Å². The van der Waals surface area contributed by atoms with Crippen molar-refractivity contribution in [1.82, 2.24) is 5.43 Å². The third-order valence-corrected chi connectivity index (χ3v) is 2.34. The SMILES string of the molecule is COc1cccc(C(=NC2CC2)NN)c1. The minimum Gasteiger partial charge on any atom is -0.497 e. The van der Waals surface area contributed by atoms with Crippen molar-refractivity contribution in [2.75, 3.05) is 7.11 Å². The second-order valence-electron chi connectivity index (χ2n) is 3.59. The van der Waals surface area contributed by atoms with Gasteiger partial charge in [0.2, 0.25) is 0 Å². The number of hydrogen-bond donors (Lipinski definition) is 2. The molecular formula is C11H15N3O. The van der Waals surface area contributed by atoms with Crippen molar-refractivity contribution in [3.05, 3.63) is 29.8 Å². The summed E-state index contributed by atoms with van der Waals surface area (Å²) in [5.41, 5.74) is 3.60. The molecule has 1 fully saturated rings. The first kappa shape index (κ1) is 9.98. The van der Waals surface area contributed by atoms with E-state index in [1.165, 1.54) is 0 Å². The number of hydrogen-bond acceptors (Lipinski definition) is 3. The van der Waals surface area contributed by atoms with Crippen LogP contribution in [-0.4, -0.2) is 19.0 Å². The summed E-state index contributed by atoms with van der Waals surface area (Å²) in [6, 6.07) is 8.15. The van der Waals surface area contributed by atoms with Gasteiger partial charge in [-0.15, -0.1) is 0 Å². The quantitative estimate of drug-likeness (QED) is 0.336. The summed E-state index contributed by atoms with van der Waals surface area (Å²) >= 11 is 0. The van der Waals surface area contributed by atoms with Gasteiger partial charge in [-0.25, -0.2) is 5.84 Å². The fourth-order valence-corrected chi connectivity index (χ4v) is 1.35. The molecule has 1 aliphatic carbocycles. The Hall–Kier alpha value is -1.55. The maximum atomic E-state index is 5.45. The van der Waals surface area contributed by atoms with Gasteiger partial charge in [0, 0.05) is 5.56 Å². The highest BCUT2D eigenvalue weighted by atomic mass is 16.5. The summed E-state index contributed by atoms with van der Waals surface area (Å²) in [7, 11) is 1.65. The van der Waals surface area contributed by atoms with Crippen LogP contribution in [0.1, 0.15) is 18.4 Å². The predicted octanol–water partition coefficient (Wildman–Crippen LogP) is 1.07. The van der Waals surface area contributed by atoms with E-state index in [-0.39, 0.29) is 0 Å². The number of aliphatic imine (C=N–C) groups is 1. The maximum absolute atomic E-state index is 5.45. The number of nitrogens with one attached hydrogen (secondary N) is 1. The van der Waals surface area contributed by atoms with Crippen molar-refractivity contribution in [3.63, 3.8) is 0 Å². The number of nitrogens with zero attached hydrogens (tertiary/aromatic N) is 1. The molecule has 3 N–H and O–H groups in total. The number of rotatable bonds is 3. The van der Waals surface area contributed by atoms with E-state index in [0.717, 1.165) is 30.0 Å². The molecule has 0 aromatic heterocycles. The molecule has 0 saturated heterocycles. The monoisotopic (exact) mass is 205 g/mol. The Bertz CT molecular complexity index is 372. The van der Waals surface area contributed by atoms with Crippen molar-refractivity contribution >= 4 is 5.84 Å². The van der Waals surface area contributed by atoms with Gasteiger partial charge in [-0.1, -0.05) is 12.1 Å². The summed E-state index contributed by atoms with van der Waals surface area (Å²) in [6.45, 7) is 0. The summed E-state index contributed by atoms with van der Waals surface area (Å²) in [6.07, 6.45) is 2.32. The molecule has 1 aromatic carbocycles. The van der Waals surface area contributed by atoms with Crippen LogP contribution < -0.4 is 16.0 Å². The summed E-state index contributed by atoms with van der Waals surface area (Å²) in [5, 5.41) is 0. The molecule has 4 nitrogen and oxygen atoms in total. The third kappa shape index (κ3) is 2.47. The first-order valence-electron chi connectivity index (χ1n) is 5.02. The van der Waals surface area contributed by atoms with Gasteiger partial charge >= 0.3 is 0 Å². The van der Waals surface area contributed by atoms with Gasteiger partial charge in [-0.3, -0.25) is 4.99 Å². The van der Waals surface area contributed by atoms with E-state index >= 15 is 0 Å². The van der Waals surface area contributed by atoms with Crippen LogP contribution in [0, 0.1) is 0 Å². The molecule has 0 spiro atoms. The van der Waals surface area contributed by atoms with Crippen molar-refractivity contribution in [2.45, 2.75) is 18.9 Å².